The summed E-state index contributed by atoms with van der Waals surface area (Å²) in [7, 11) is 0. The van der Waals surface area contributed by atoms with E-state index in [9.17, 15) is 9.59 Å². The molecule has 0 spiro atoms. The molecule has 3 aromatic rings. The number of rotatable bonds is 6. The van der Waals surface area contributed by atoms with Crippen molar-refractivity contribution in [1.82, 2.24) is 5.32 Å². The van der Waals surface area contributed by atoms with Crippen molar-refractivity contribution in [2.24, 2.45) is 4.99 Å². The highest BCUT2D eigenvalue weighted by Gasteiger charge is 2.24. The number of benzene rings is 3. The Bertz CT molecular complexity index is 1340. The first-order valence-electron chi connectivity index (χ1n) is 9.78. The Morgan fingerprint density at radius 1 is 1.15 bits per heavy atom. The lowest BCUT2D eigenvalue weighted by Crippen LogP contribution is -2.12. The molecule has 10 heteroatoms. The van der Waals surface area contributed by atoms with Crippen molar-refractivity contribution in [3.05, 3.63) is 97.6 Å². The summed E-state index contributed by atoms with van der Waals surface area (Å²) in [4.78, 5) is 27.8. The van der Waals surface area contributed by atoms with Gasteiger partial charge in [-0.2, -0.15) is 0 Å². The minimum absolute atomic E-state index is 0.168. The normalized spacial score (nSPS) is 15.6. The highest BCUT2D eigenvalue weighted by atomic mass is 79.9. The molecule has 0 radical (unpaired) electrons. The molecule has 1 aliphatic rings. The van der Waals surface area contributed by atoms with Crippen LogP contribution in [0.3, 0.4) is 0 Å². The summed E-state index contributed by atoms with van der Waals surface area (Å²) in [6, 6.07) is 17.0. The van der Waals surface area contributed by atoms with Crippen LogP contribution in [0.2, 0.25) is 10.0 Å². The Morgan fingerprint density at radius 3 is 2.62 bits per heavy atom. The predicted molar refractivity (Wildman–Crippen MR) is 139 cm³/mol. The van der Waals surface area contributed by atoms with Crippen LogP contribution in [0.1, 0.15) is 21.5 Å². The van der Waals surface area contributed by atoms with E-state index in [0.717, 1.165) is 22.9 Å². The van der Waals surface area contributed by atoms with Crippen LogP contribution in [0.5, 0.6) is 5.75 Å². The molecule has 1 aliphatic heterocycles. The maximum atomic E-state index is 12.4. The third kappa shape index (κ3) is 5.82. The van der Waals surface area contributed by atoms with Crippen LogP contribution >= 0.6 is 50.9 Å². The molecule has 0 saturated carbocycles. The second-order valence-electron chi connectivity index (χ2n) is 7.04. The van der Waals surface area contributed by atoms with Crippen LogP contribution in [0.15, 0.2) is 75.8 Å². The van der Waals surface area contributed by atoms with Crippen molar-refractivity contribution in [2.75, 3.05) is 0 Å². The molecule has 0 unspecified atom stereocenters. The molecule has 3 aromatic carbocycles. The van der Waals surface area contributed by atoms with Gasteiger partial charge in [0, 0.05) is 0 Å². The fraction of sp³-hybridized carbons (Fsp3) is 0.0417. The lowest BCUT2D eigenvalue weighted by Gasteiger charge is -2.09. The number of carbonyl (C=O) groups is 2. The van der Waals surface area contributed by atoms with Crippen LogP contribution < -0.4 is 10.1 Å². The van der Waals surface area contributed by atoms with E-state index in [1.807, 2.05) is 12.1 Å². The highest BCUT2D eigenvalue weighted by Crippen LogP contribution is 2.34. The second-order valence-corrected chi connectivity index (χ2v) is 9.64. The molecule has 0 amide bonds. The van der Waals surface area contributed by atoms with Gasteiger partial charge in [-0.15, -0.1) is 0 Å². The van der Waals surface area contributed by atoms with Crippen molar-refractivity contribution in [3.63, 3.8) is 0 Å². The van der Waals surface area contributed by atoms with E-state index >= 15 is 0 Å². The minimum Gasteiger partial charge on any atom is -0.488 e. The van der Waals surface area contributed by atoms with Crippen molar-refractivity contribution in [2.45, 2.75) is 6.61 Å². The molecule has 1 heterocycles. The lowest BCUT2D eigenvalue weighted by molar-refractivity contribution is -0.107. The number of nitrogens with one attached hydrogen (secondary N) is 1. The number of nitrogens with zero attached hydrogens (tertiary/aromatic N) is 1. The van der Waals surface area contributed by atoms with Crippen molar-refractivity contribution in [3.8, 4) is 5.75 Å². The summed E-state index contributed by atoms with van der Waals surface area (Å²) in [6.07, 6.45) is 1.72. The Balaban J connectivity index is 1.44. The summed E-state index contributed by atoms with van der Waals surface area (Å²) in [5.41, 5.74) is 2.71. The number of thioether (sulfide) groups is 1. The second kappa shape index (κ2) is 10.7. The predicted octanol–water partition coefficient (Wildman–Crippen LogP) is 6.92. The summed E-state index contributed by atoms with van der Waals surface area (Å²) < 4.78 is 6.54. The molecule has 1 fully saturated rings. The quantitative estimate of drug-likeness (QED) is 0.309. The largest absolute Gasteiger partial charge is 0.488 e. The molecule has 34 heavy (non-hydrogen) atoms. The summed E-state index contributed by atoms with van der Waals surface area (Å²) in [5, 5.41) is 12.9. The number of halogens is 3. The summed E-state index contributed by atoms with van der Waals surface area (Å²) in [5.74, 6) is -0.359. The Kier molecular flexibility index (Phi) is 7.63. The smallest absolute Gasteiger partial charge is 0.335 e. The van der Waals surface area contributed by atoms with Gasteiger partial charge < -0.3 is 15.2 Å². The number of aliphatic imine (C=N–C) groups is 1. The van der Waals surface area contributed by atoms with Gasteiger partial charge in [0.05, 0.1) is 31.5 Å². The fourth-order valence-corrected chi connectivity index (χ4v) is 4.51. The third-order valence-electron chi connectivity index (χ3n) is 4.67. The zero-order valence-electron chi connectivity index (χ0n) is 17.2. The van der Waals surface area contributed by atoms with Gasteiger partial charge in [-0.05, 0) is 81.3 Å². The monoisotopic (exact) mass is 576 g/mol. The maximum absolute atomic E-state index is 12.4. The zero-order valence-corrected chi connectivity index (χ0v) is 21.1. The van der Waals surface area contributed by atoms with Crippen LogP contribution in [0.25, 0.3) is 6.08 Å². The maximum Gasteiger partial charge on any atom is 0.335 e. The molecule has 1 saturated heterocycles. The van der Waals surface area contributed by atoms with Gasteiger partial charge in [0.1, 0.15) is 12.4 Å². The van der Waals surface area contributed by atoms with Crippen molar-refractivity contribution < 1.29 is 19.4 Å². The highest BCUT2D eigenvalue weighted by molar-refractivity contribution is 9.10. The molecular formula is C24H15BrCl2N2O4S. The first kappa shape index (κ1) is 24.3. The number of carboxylic acids is 1. The van der Waals surface area contributed by atoms with Crippen molar-refractivity contribution in [1.29, 1.82) is 0 Å². The van der Waals surface area contributed by atoms with E-state index in [0.29, 0.717) is 36.8 Å². The minimum atomic E-state index is -0.972. The number of carbonyl (C=O) groups excluding carboxylic acids is 1. The standard InChI is InChI=1S/C24H15BrCl2N2O4S/c25-16-10-14(6-9-20(16)33-12-13-4-7-15(8-5-13)22(30)31)11-19-23(32)34-24(29-19)28-18-3-1-2-17(26)21(18)27/h1-11H,12H2,(H,28,29)(H,30,31)/b19-11+. The molecular weight excluding hydrogens is 563 g/mol. The number of hydrogen-bond donors (Lipinski definition) is 2. The Morgan fingerprint density at radius 2 is 1.91 bits per heavy atom. The van der Waals surface area contributed by atoms with Crippen molar-refractivity contribution >= 4 is 78.9 Å². The summed E-state index contributed by atoms with van der Waals surface area (Å²) in [6.45, 7) is 0.279. The van der Waals surface area contributed by atoms with Gasteiger partial charge in [-0.25, -0.2) is 9.79 Å². The zero-order chi connectivity index (χ0) is 24.2. The molecule has 2 N–H and O–H groups in total. The third-order valence-corrected chi connectivity index (χ3v) is 6.89. The molecule has 0 atom stereocenters. The number of amidine groups is 1. The first-order chi connectivity index (χ1) is 16.3. The van der Waals surface area contributed by atoms with E-state index in [2.05, 4.69) is 26.2 Å². The number of ether oxygens (including phenoxy) is 1. The van der Waals surface area contributed by atoms with Crippen LogP contribution in [-0.2, 0) is 11.4 Å². The molecule has 0 aromatic heterocycles. The Labute approximate surface area is 217 Å². The van der Waals surface area contributed by atoms with E-state index in [1.54, 1.807) is 42.5 Å². The van der Waals surface area contributed by atoms with Gasteiger partial charge in [-0.3, -0.25) is 4.79 Å². The van der Waals surface area contributed by atoms with Gasteiger partial charge in [0.15, 0.2) is 5.17 Å². The van der Waals surface area contributed by atoms with Gasteiger partial charge in [0.25, 0.3) is 0 Å². The van der Waals surface area contributed by atoms with Crippen LogP contribution in [0.4, 0.5) is 5.69 Å². The summed E-state index contributed by atoms with van der Waals surface area (Å²) >= 11 is 16.7. The van der Waals surface area contributed by atoms with Gasteiger partial charge in [-0.1, -0.05) is 47.5 Å². The van der Waals surface area contributed by atoms with E-state index in [4.69, 9.17) is 33.0 Å². The first-order valence-corrected chi connectivity index (χ1v) is 12.1. The Hall–Kier alpha value is -2.78. The fourth-order valence-electron chi connectivity index (χ4n) is 2.96. The van der Waals surface area contributed by atoms with E-state index in [-0.39, 0.29) is 17.3 Å². The number of aromatic carboxylic acids is 1. The molecule has 172 valence electrons. The van der Waals surface area contributed by atoms with E-state index < -0.39 is 5.97 Å². The average Bonchev–Trinajstić information content (AvgIpc) is 3.15. The van der Waals surface area contributed by atoms with Crippen LogP contribution in [0, 0.1) is 0 Å². The lowest BCUT2D eigenvalue weighted by atomic mass is 10.1. The SMILES string of the molecule is O=C1SC(=Nc2cccc(Cl)c2Cl)N/C1=C/c1ccc(OCc2ccc(C(=O)O)cc2)c(Br)c1. The molecule has 0 aliphatic carbocycles. The molecule has 0 bridgehead atoms. The number of carboxylic acid groups (broad SMARTS) is 1. The molecule has 4 rings (SSSR count). The molecule has 6 nitrogen and oxygen atoms in total. The van der Waals surface area contributed by atoms with Crippen LogP contribution in [-0.4, -0.2) is 21.4 Å². The van der Waals surface area contributed by atoms with Gasteiger partial charge in [0.2, 0.25) is 5.12 Å². The van der Waals surface area contributed by atoms with E-state index in [1.165, 1.54) is 12.1 Å². The number of hydrogen-bond acceptors (Lipinski definition) is 5. The average molecular weight is 578 g/mol. The topological polar surface area (TPSA) is 88.0 Å². The van der Waals surface area contributed by atoms with Gasteiger partial charge >= 0.3 is 5.97 Å².